The molecule has 2 aromatic rings. The lowest BCUT2D eigenvalue weighted by molar-refractivity contribution is 0.100. The molecule has 23 heavy (non-hydrogen) atoms. The van der Waals surface area contributed by atoms with Gasteiger partial charge < -0.3 is 16.4 Å². The van der Waals surface area contributed by atoms with E-state index < -0.39 is 5.91 Å². The van der Waals surface area contributed by atoms with Gasteiger partial charge in [0.2, 0.25) is 5.91 Å². The Balaban J connectivity index is 1.64. The minimum absolute atomic E-state index is 0.435. The van der Waals surface area contributed by atoms with Crippen molar-refractivity contribution in [2.75, 3.05) is 11.9 Å². The molecule has 0 spiro atoms. The van der Waals surface area contributed by atoms with Gasteiger partial charge in [-0.1, -0.05) is 30.3 Å². The molecule has 0 unspecified atom stereocenters. The summed E-state index contributed by atoms with van der Waals surface area (Å²) >= 11 is 5.25. The molecule has 0 saturated heterocycles. The number of nitrogens with one attached hydrogen (secondary N) is 2. The summed E-state index contributed by atoms with van der Waals surface area (Å²) in [4.78, 5) is 11.0. The van der Waals surface area contributed by atoms with E-state index in [9.17, 15) is 4.79 Å². The van der Waals surface area contributed by atoms with Crippen molar-refractivity contribution in [2.45, 2.75) is 19.3 Å². The number of amides is 1. The predicted octanol–water partition coefficient (Wildman–Crippen LogP) is 3.09. The van der Waals surface area contributed by atoms with Gasteiger partial charge in [0, 0.05) is 17.8 Å². The number of hydrogen-bond donors (Lipinski definition) is 3. The molecule has 2 rings (SSSR count). The molecule has 0 saturated carbocycles. The highest BCUT2D eigenvalue weighted by atomic mass is 32.1. The van der Waals surface area contributed by atoms with Crippen molar-refractivity contribution in [1.82, 2.24) is 5.32 Å². The van der Waals surface area contributed by atoms with Crippen LogP contribution in [0.15, 0.2) is 54.6 Å². The Morgan fingerprint density at radius 1 is 1.00 bits per heavy atom. The normalized spacial score (nSPS) is 10.1. The zero-order valence-electron chi connectivity index (χ0n) is 12.9. The third kappa shape index (κ3) is 6.08. The number of nitrogens with two attached hydrogens (primary N) is 1. The first kappa shape index (κ1) is 17.0. The number of carbonyl (C=O) groups excluding carboxylic acids is 1. The Morgan fingerprint density at radius 3 is 2.35 bits per heavy atom. The van der Waals surface area contributed by atoms with Crippen molar-refractivity contribution >= 4 is 28.9 Å². The van der Waals surface area contributed by atoms with Gasteiger partial charge in [0.1, 0.15) is 0 Å². The van der Waals surface area contributed by atoms with Gasteiger partial charge >= 0.3 is 0 Å². The number of thiocarbonyl (C=S) groups is 1. The zero-order chi connectivity index (χ0) is 16.5. The summed E-state index contributed by atoms with van der Waals surface area (Å²) in [6.07, 6.45) is 3.25. The Bertz CT molecular complexity index is 641. The third-order valence-corrected chi connectivity index (χ3v) is 3.69. The van der Waals surface area contributed by atoms with Crippen molar-refractivity contribution in [2.24, 2.45) is 5.73 Å². The lowest BCUT2D eigenvalue weighted by Crippen LogP contribution is -2.29. The second-order valence-electron chi connectivity index (χ2n) is 5.27. The van der Waals surface area contributed by atoms with Crippen LogP contribution in [-0.4, -0.2) is 17.6 Å². The maximum Gasteiger partial charge on any atom is 0.248 e. The summed E-state index contributed by atoms with van der Waals surface area (Å²) in [5, 5.41) is 6.85. The average Bonchev–Trinajstić information content (AvgIpc) is 2.56. The van der Waals surface area contributed by atoms with Crippen molar-refractivity contribution in [3.05, 3.63) is 65.7 Å². The van der Waals surface area contributed by atoms with E-state index >= 15 is 0 Å². The molecule has 4 nitrogen and oxygen atoms in total. The molecule has 1 amide bonds. The summed E-state index contributed by atoms with van der Waals surface area (Å²) < 4.78 is 0. The minimum Gasteiger partial charge on any atom is -0.366 e. The first-order valence-corrected chi connectivity index (χ1v) is 8.04. The fourth-order valence-corrected chi connectivity index (χ4v) is 2.41. The van der Waals surface area contributed by atoms with E-state index in [1.54, 1.807) is 24.3 Å². The molecule has 2 aromatic carbocycles. The molecule has 0 aromatic heterocycles. The SMILES string of the molecule is NC(=O)c1ccc(NC(=S)NCCCCc2ccccc2)cc1. The van der Waals surface area contributed by atoms with Gasteiger partial charge in [-0.05, 0) is 61.3 Å². The fraction of sp³-hybridized carbons (Fsp3) is 0.222. The molecule has 4 N–H and O–H groups in total. The standard InChI is InChI=1S/C18H21N3OS/c19-17(22)15-9-11-16(12-10-15)21-18(23)20-13-5-4-8-14-6-2-1-3-7-14/h1-3,6-7,9-12H,4-5,8,13H2,(H2,19,22)(H2,20,21,23). The summed E-state index contributed by atoms with van der Waals surface area (Å²) in [5.41, 5.74) is 7.88. The second kappa shape index (κ2) is 8.90. The van der Waals surface area contributed by atoms with Crippen molar-refractivity contribution < 1.29 is 4.79 Å². The van der Waals surface area contributed by atoms with Crippen LogP contribution in [0.25, 0.3) is 0 Å². The van der Waals surface area contributed by atoms with Crippen molar-refractivity contribution in [1.29, 1.82) is 0 Å². The number of primary amides is 1. The highest BCUT2D eigenvalue weighted by Gasteiger charge is 2.01. The van der Waals surface area contributed by atoms with Gasteiger partial charge in [-0.3, -0.25) is 4.79 Å². The van der Waals surface area contributed by atoms with Crippen LogP contribution < -0.4 is 16.4 Å². The topological polar surface area (TPSA) is 67.2 Å². The number of anilines is 1. The van der Waals surface area contributed by atoms with Crippen LogP contribution in [0.2, 0.25) is 0 Å². The van der Waals surface area contributed by atoms with Crippen LogP contribution in [-0.2, 0) is 6.42 Å². The van der Waals surface area contributed by atoms with Gasteiger partial charge in [0.25, 0.3) is 0 Å². The van der Waals surface area contributed by atoms with Gasteiger partial charge in [0.15, 0.2) is 5.11 Å². The Hall–Kier alpha value is -2.40. The van der Waals surface area contributed by atoms with E-state index in [4.69, 9.17) is 18.0 Å². The Morgan fingerprint density at radius 2 is 1.70 bits per heavy atom. The molecule has 5 heteroatoms. The maximum atomic E-state index is 11.0. The van der Waals surface area contributed by atoms with E-state index in [-0.39, 0.29) is 0 Å². The third-order valence-electron chi connectivity index (χ3n) is 3.45. The molecule has 0 aliphatic carbocycles. The molecule has 0 aliphatic heterocycles. The van der Waals surface area contributed by atoms with E-state index in [0.717, 1.165) is 31.5 Å². The van der Waals surface area contributed by atoms with Gasteiger partial charge in [-0.25, -0.2) is 0 Å². The first-order valence-electron chi connectivity index (χ1n) is 7.64. The van der Waals surface area contributed by atoms with Crippen LogP contribution in [0.5, 0.6) is 0 Å². The van der Waals surface area contributed by atoms with Crippen LogP contribution in [0, 0.1) is 0 Å². The van der Waals surface area contributed by atoms with Gasteiger partial charge in [-0.2, -0.15) is 0 Å². The minimum atomic E-state index is -0.435. The van der Waals surface area contributed by atoms with Crippen molar-refractivity contribution in [3.63, 3.8) is 0 Å². The summed E-state index contributed by atoms with van der Waals surface area (Å²) in [6.45, 7) is 0.831. The summed E-state index contributed by atoms with van der Waals surface area (Å²) in [7, 11) is 0. The fourth-order valence-electron chi connectivity index (χ4n) is 2.19. The van der Waals surface area contributed by atoms with Crippen LogP contribution in [0.1, 0.15) is 28.8 Å². The molecule has 0 radical (unpaired) electrons. The lowest BCUT2D eigenvalue weighted by atomic mass is 10.1. The maximum absolute atomic E-state index is 11.0. The summed E-state index contributed by atoms with van der Waals surface area (Å²) in [5.74, 6) is -0.435. The molecular formula is C18H21N3OS. The lowest BCUT2D eigenvalue weighted by Gasteiger charge is -2.10. The van der Waals surface area contributed by atoms with E-state index in [0.29, 0.717) is 10.7 Å². The second-order valence-corrected chi connectivity index (χ2v) is 5.67. The molecule has 0 fully saturated rings. The number of benzene rings is 2. The largest absolute Gasteiger partial charge is 0.366 e. The molecule has 0 aliphatic rings. The predicted molar refractivity (Wildman–Crippen MR) is 98.6 cm³/mol. The van der Waals surface area contributed by atoms with E-state index in [1.807, 2.05) is 6.07 Å². The zero-order valence-corrected chi connectivity index (χ0v) is 13.7. The number of rotatable bonds is 7. The quantitative estimate of drug-likeness (QED) is 0.540. The van der Waals surface area contributed by atoms with Crippen LogP contribution in [0.3, 0.4) is 0 Å². The molecule has 0 bridgehead atoms. The number of hydrogen-bond acceptors (Lipinski definition) is 2. The smallest absolute Gasteiger partial charge is 0.248 e. The molecule has 0 atom stereocenters. The molecule has 0 heterocycles. The number of unbranched alkanes of at least 4 members (excludes halogenated alkanes) is 1. The van der Waals surface area contributed by atoms with Crippen LogP contribution >= 0.6 is 12.2 Å². The monoisotopic (exact) mass is 327 g/mol. The van der Waals surface area contributed by atoms with E-state index in [1.165, 1.54) is 5.56 Å². The highest BCUT2D eigenvalue weighted by molar-refractivity contribution is 7.80. The first-order chi connectivity index (χ1) is 11.1. The molecular weight excluding hydrogens is 306 g/mol. The van der Waals surface area contributed by atoms with Crippen molar-refractivity contribution in [3.8, 4) is 0 Å². The average molecular weight is 327 g/mol. The Kier molecular flexibility index (Phi) is 6.56. The van der Waals surface area contributed by atoms with Gasteiger partial charge in [-0.15, -0.1) is 0 Å². The van der Waals surface area contributed by atoms with Crippen LogP contribution in [0.4, 0.5) is 5.69 Å². The van der Waals surface area contributed by atoms with Gasteiger partial charge in [0.05, 0.1) is 0 Å². The number of carbonyl (C=O) groups is 1. The molecule has 120 valence electrons. The number of aryl methyl sites for hydroxylation is 1. The Labute approximate surface area is 142 Å². The summed E-state index contributed by atoms with van der Waals surface area (Å²) in [6, 6.07) is 17.4. The highest BCUT2D eigenvalue weighted by Crippen LogP contribution is 2.09. The van der Waals surface area contributed by atoms with E-state index in [2.05, 4.69) is 34.9 Å².